The van der Waals surface area contributed by atoms with Gasteiger partial charge in [-0.1, -0.05) is 17.7 Å². The average Bonchev–Trinajstić information content (AvgIpc) is 2.65. The van der Waals surface area contributed by atoms with Gasteiger partial charge in [0.15, 0.2) is 0 Å². The summed E-state index contributed by atoms with van der Waals surface area (Å²) in [7, 11) is 0. The van der Waals surface area contributed by atoms with Crippen LogP contribution in [0.1, 0.15) is 11.1 Å². The van der Waals surface area contributed by atoms with E-state index in [0.29, 0.717) is 16.5 Å². The molecular weight excluding hydrogens is 377 g/mol. The van der Waals surface area contributed by atoms with Crippen molar-refractivity contribution in [3.05, 3.63) is 88.9 Å². The van der Waals surface area contributed by atoms with Crippen molar-refractivity contribution in [1.82, 2.24) is 0 Å². The quantitative estimate of drug-likeness (QED) is 0.393. The number of anilines is 1. The molecule has 1 N–H and O–H groups in total. The monoisotopic (exact) mass is 390 g/mol. The maximum absolute atomic E-state index is 12.7. The average molecular weight is 391 g/mol. The Balaban J connectivity index is 1.60. The van der Waals surface area contributed by atoms with Crippen LogP contribution >= 0.6 is 11.6 Å². The molecular formula is C20H14ClF3N2O. The molecule has 27 heavy (non-hydrogen) atoms. The van der Waals surface area contributed by atoms with Crippen molar-refractivity contribution in [2.45, 2.75) is 6.18 Å². The van der Waals surface area contributed by atoms with E-state index in [0.717, 1.165) is 17.7 Å². The SMILES string of the molecule is FC(F)(F)c1cccc(NN=Cc2ccc(Oc3ccc(Cl)cc3)cc2)c1. The summed E-state index contributed by atoms with van der Waals surface area (Å²) in [6, 6.07) is 18.9. The maximum atomic E-state index is 12.7. The number of nitrogens with one attached hydrogen (secondary N) is 1. The highest BCUT2D eigenvalue weighted by Crippen LogP contribution is 2.30. The summed E-state index contributed by atoms with van der Waals surface area (Å²) in [4.78, 5) is 0. The second kappa shape index (κ2) is 8.14. The van der Waals surface area contributed by atoms with Gasteiger partial charge < -0.3 is 4.74 Å². The van der Waals surface area contributed by atoms with E-state index in [1.165, 1.54) is 18.3 Å². The standard InChI is InChI=1S/C20H14ClF3N2O/c21-16-6-10-19(11-7-16)27-18-8-4-14(5-9-18)13-25-26-17-3-1-2-15(12-17)20(22,23)24/h1-13,26H. The molecule has 3 aromatic rings. The van der Waals surface area contributed by atoms with E-state index >= 15 is 0 Å². The summed E-state index contributed by atoms with van der Waals surface area (Å²) in [5.41, 5.74) is 2.88. The van der Waals surface area contributed by atoms with Crippen LogP contribution in [0.15, 0.2) is 77.9 Å². The van der Waals surface area contributed by atoms with Crippen LogP contribution in [0.3, 0.4) is 0 Å². The normalized spacial score (nSPS) is 11.6. The van der Waals surface area contributed by atoms with Crippen molar-refractivity contribution in [2.75, 3.05) is 5.43 Å². The summed E-state index contributed by atoms with van der Waals surface area (Å²) in [6.45, 7) is 0. The van der Waals surface area contributed by atoms with E-state index in [9.17, 15) is 13.2 Å². The summed E-state index contributed by atoms with van der Waals surface area (Å²) in [6.07, 6.45) is -2.88. The van der Waals surface area contributed by atoms with E-state index in [2.05, 4.69) is 10.5 Å². The second-order valence-corrected chi connectivity index (χ2v) is 6.01. The van der Waals surface area contributed by atoms with Crippen molar-refractivity contribution in [2.24, 2.45) is 5.10 Å². The lowest BCUT2D eigenvalue weighted by molar-refractivity contribution is -0.137. The molecule has 0 bridgehead atoms. The molecule has 0 spiro atoms. The Labute approximate surface area is 159 Å². The molecule has 0 unspecified atom stereocenters. The third kappa shape index (κ3) is 5.49. The third-order valence-electron chi connectivity index (χ3n) is 3.53. The predicted molar refractivity (Wildman–Crippen MR) is 101 cm³/mol. The summed E-state index contributed by atoms with van der Waals surface area (Å²) < 4.78 is 43.7. The molecule has 7 heteroatoms. The number of rotatable bonds is 5. The zero-order valence-electron chi connectivity index (χ0n) is 13.9. The minimum atomic E-state index is -4.39. The first-order chi connectivity index (χ1) is 12.9. The maximum Gasteiger partial charge on any atom is 0.416 e. The Kier molecular flexibility index (Phi) is 5.66. The number of halogens is 4. The minimum absolute atomic E-state index is 0.253. The number of hydrazone groups is 1. The molecule has 0 saturated heterocycles. The van der Waals surface area contributed by atoms with Gasteiger partial charge in [0.25, 0.3) is 0 Å². The smallest absolute Gasteiger partial charge is 0.416 e. The van der Waals surface area contributed by atoms with Gasteiger partial charge in [0.05, 0.1) is 17.5 Å². The summed E-state index contributed by atoms with van der Waals surface area (Å²) in [5, 5.41) is 4.59. The number of alkyl halides is 3. The summed E-state index contributed by atoms with van der Waals surface area (Å²) >= 11 is 5.83. The zero-order chi connectivity index (χ0) is 19.3. The van der Waals surface area contributed by atoms with E-state index in [1.54, 1.807) is 48.5 Å². The number of nitrogens with zero attached hydrogens (tertiary/aromatic N) is 1. The molecule has 0 radical (unpaired) electrons. The van der Waals surface area contributed by atoms with Crippen molar-refractivity contribution in [1.29, 1.82) is 0 Å². The topological polar surface area (TPSA) is 33.6 Å². The molecule has 3 aromatic carbocycles. The fraction of sp³-hybridized carbons (Fsp3) is 0.0500. The largest absolute Gasteiger partial charge is 0.457 e. The van der Waals surface area contributed by atoms with Crippen molar-refractivity contribution < 1.29 is 17.9 Å². The first kappa shape index (κ1) is 18.8. The molecule has 138 valence electrons. The third-order valence-corrected chi connectivity index (χ3v) is 3.78. The molecule has 0 amide bonds. The molecule has 3 rings (SSSR count). The van der Waals surface area contributed by atoms with E-state index < -0.39 is 11.7 Å². The van der Waals surface area contributed by atoms with Gasteiger partial charge in [-0.15, -0.1) is 0 Å². The van der Waals surface area contributed by atoms with Crippen LogP contribution in [-0.4, -0.2) is 6.21 Å². The molecule has 0 heterocycles. The Morgan fingerprint density at radius 2 is 1.52 bits per heavy atom. The molecule has 0 atom stereocenters. The molecule has 0 fully saturated rings. The zero-order valence-corrected chi connectivity index (χ0v) is 14.6. The Morgan fingerprint density at radius 1 is 0.889 bits per heavy atom. The van der Waals surface area contributed by atoms with Gasteiger partial charge >= 0.3 is 6.18 Å². The number of benzene rings is 3. The van der Waals surface area contributed by atoms with E-state index in [1.807, 2.05) is 0 Å². The molecule has 0 aliphatic carbocycles. The fourth-order valence-electron chi connectivity index (χ4n) is 2.21. The lowest BCUT2D eigenvalue weighted by Crippen LogP contribution is -2.05. The minimum Gasteiger partial charge on any atom is -0.457 e. The lowest BCUT2D eigenvalue weighted by Gasteiger charge is -2.08. The second-order valence-electron chi connectivity index (χ2n) is 5.57. The van der Waals surface area contributed by atoms with Gasteiger partial charge in [-0.2, -0.15) is 18.3 Å². The molecule has 0 aliphatic heterocycles. The van der Waals surface area contributed by atoms with Crippen molar-refractivity contribution >= 4 is 23.5 Å². The van der Waals surface area contributed by atoms with Crippen LogP contribution in [-0.2, 0) is 6.18 Å². The van der Waals surface area contributed by atoms with Crippen LogP contribution in [0.2, 0.25) is 5.02 Å². The van der Waals surface area contributed by atoms with Gasteiger partial charge in [-0.25, -0.2) is 0 Å². The highest BCUT2D eigenvalue weighted by atomic mass is 35.5. The number of hydrogen-bond acceptors (Lipinski definition) is 3. The van der Waals surface area contributed by atoms with Crippen LogP contribution in [0.5, 0.6) is 11.5 Å². The van der Waals surface area contributed by atoms with Gasteiger partial charge in [-0.05, 0) is 72.3 Å². The fourth-order valence-corrected chi connectivity index (χ4v) is 2.33. The lowest BCUT2D eigenvalue weighted by atomic mass is 10.2. The number of ether oxygens (including phenoxy) is 1. The predicted octanol–water partition coefficient (Wildman–Crippen LogP) is 6.60. The molecule has 0 aliphatic rings. The van der Waals surface area contributed by atoms with Crippen LogP contribution in [0.4, 0.5) is 18.9 Å². The highest BCUT2D eigenvalue weighted by Gasteiger charge is 2.30. The van der Waals surface area contributed by atoms with Crippen LogP contribution in [0.25, 0.3) is 0 Å². The highest BCUT2D eigenvalue weighted by molar-refractivity contribution is 6.30. The Bertz CT molecular complexity index is 923. The number of hydrogen-bond donors (Lipinski definition) is 1. The molecule has 0 saturated carbocycles. The van der Waals surface area contributed by atoms with Gasteiger partial charge in [0.2, 0.25) is 0 Å². The van der Waals surface area contributed by atoms with E-state index in [-0.39, 0.29) is 5.69 Å². The van der Waals surface area contributed by atoms with Crippen LogP contribution in [0, 0.1) is 0 Å². The summed E-state index contributed by atoms with van der Waals surface area (Å²) in [5.74, 6) is 1.30. The molecule has 3 nitrogen and oxygen atoms in total. The van der Waals surface area contributed by atoms with Crippen molar-refractivity contribution in [3.8, 4) is 11.5 Å². The van der Waals surface area contributed by atoms with Crippen LogP contribution < -0.4 is 10.2 Å². The van der Waals surface area contributed by atoms with E-state index in [4.69, 9.17) is 16.3 Å². The van der Waals surface area contributed by atoms with Gasteiger partial charge in [0, 0.05) is 5.02 Å². The molecule has 0 aromatic heterocycles. The Morgan fingerprint density at radius 3 is 2.15 bits per heavy atom. The van der Waals surface area contributed by atoms with Gasteiger partial charge in [-0.3, -0.25) is 5.43 Å². The first-order valence-electron chi connectivity index (χ1n) is 7.90. The Hall–Kier alpha value is -2.99. The van der Waals surface area contributed by atoms with Gasteiger partial charge in [0.1, 0.15) is 11.5 Å². The van der Waals surface area contributed by atoms with Crippen molar-refractivity contribution in [3.63, 3.8) is 0 Å². The first-order valence-corrected chi connectivity index (χ1v) is 8.28.